The fraction of sp³-hybridized carbons (Fsp3) is 0.400. The van der Waals surface area contributed by atoms with Gasteiger partial charge in [-0.05, 0) is 37.0 Å². The van der Waals surface area contributed by atoms with Crippen molar-refractivity contribution in [2.24, 2.45) is 0 Å². The van der Waals surface area contributed by atoms with Gasteiger partial charge in [-0.25, -0.2) is 0 Å². The number of aromatic amines is 1. The van der Waals surface area contributed by atoms with Gasteiger partial charge in [-0.15, -0.1) is 0 Å². The zero-order chi connectivity index (χ0) is 18.6. The molecule has 2 aromatic rings. The van der Waals surface area contributed by atoms with E-state index in [0.29, 0.717) is 11.6 Å². The number of esters is 1. The molecular formula is C20H25NO4. The van der Waals surface area contributed by atoms with Crippen molar-refractivity contribution in [2.75, 3.05) is 6.61 Å². The van der Waals surface area contributed by atoms with Crippen molar-refractivity contribution in [3.05, 3.63) is 63.1 Å². The zero-order valence-electron chi connectivity index (χ0n) is 15.1. The number of carbonyl (C=O) groups excluding carboxylic acids is 1. The summed E-state index contributed by atoms with van der Waals surface area (Å²) in [6.45, 7) is 7.90. The van der Waals surface area contributed by atoms with Gasteiger partial charge in [0.25, 0.3) is 5.56 Å². The van der Waals surface area contributed by atoms with E-state index in [1.165, 1.54) is 11.6 Å². The molecule has 0 aliphatic rings. The van der Waals surface area contributed by atoms with Crippen LogP contribution in [-0.4, -0.2) is 22.7 Å². The number of aromatic hydroxyl groups is 1. The number of benzene rings is 1. The third-order valence-corrected chi connectivity index (χ3v) is 4.21. The minimum atomic E-state index is -0.565. The Morgan fingerprint density at radius 2 is 1.80 bits per heavy atom. The Morgan fingerprint density at radius 3 is 2.32 bits per heavy atom. The molecule has 0 aliphatic heterocycles. The van der Waals surface area contributed by atoms with Crippen molar-refractivity contribution in [3.8, 4) is 5.75 Å². The molecule has 1 heterocycles. The first kappa shape index (κ1) is 18.8. The van der Waals surface area contributed by atoms with Crippen molar-refractivity contribution in [1.29, 1.82) is 0 Å². The topological polar surface area (TPSA) is 79.4 Å². The van der Waals surface area contributed by atoms with Crippen LogP contribution in [0.2, 0.25) is 0 Å². The van der Waals surface area contributed by atoms with Gasteiger partial charge in [0.2, 0.25) is 0 Å². The van der Waals surface area contributed by atoms with Crippen molar-refractivity contribution in [1.82, 2.24) is 4.98 Å². The van der Waals surface area contributed by atoms with Crippen LogP contribution in [0.15, 0.2) is 35.1 Å². The molecule has 1 aromatic heterocycles. The molecule has 5 heteroatoms. The van der Waals surface area contributed by atoms with Crippen LogP contribution in [0.25, 0.3) is 0 Å². The highest BCUT2D eigenvalue weighted by Gasteiger charge is 2.25. The highest BCUT2D eigenvalue weighted by molar-refractivity contribution is 5.71. The predicted octanol–water partition coefficient (Wildman–Crippen LogP) is 3.60. The van der Waals surface area contributed by atoms with Crippen LogP contribution in [0.5, 0.6) is 5.75 Å². The molecule has 0 spiro atoms. The van der Waals surface area contributed by atoms with Gasteiger partial charge in [-0.1, -0.05) is 38.1 Å². The van der Waals surface area contributed by atoms with Gasteiger partial charge in [0, 0.05) is 11.6 Å². The molecule has 0 saturated heterocycles. The summed E-state index contributed by atoms with van der Waals surface area (Å²) in [4.78, 5) is 27.2. The van der Waals surface area contributed by atoms with Crippen LogP contribution < -0.4 is 5.56 Å². The molecule has 1 atom stereocenters. The van der Waals surface area contributed by atoms with E-state index in [1.807, 2.05) is 24.3 Å². The molecule has 0 unspecified atom stereocenters. The van der Waals surface area contributed by atoms with E-state index in [1.54, 1.807) is 13.8 Å². The van der Waals surface area contributed by atoms with E-state index in [9.17, 15) is 14.7 Å². The molecule has 2 rings (SSSR count). The van der Waals surface area contributed by atoms with Gasteiger partial charge in [-0.3, -0.25) is 9.59 Å². The molecule has 134 valence electrons. The molecule has 2 N–H and O–H groups in total. The predicted molar refractivity (Wildman–Crippen MR) is 97.1 cm³/mol. The minimum absolute atomic E-state index is 0.00539. The lowest BCUT2D eigenvalue weighted by Crippen LogP contribution is -2.21. The Hall–Kier alpha value is -2.56. The fourth-order valence-electron chi connectivity index (χ4n) is 2.90. The summed E-state index contributed by atoms with van der Waals surface area (Å²) in [5, 5.41) is 10.3. The number of rotatable bonds is 6. The second kappa shape index (κ2) is 8.01. The minimum Gasteiger partial charge on any atom is -0.507 e. The van der Waals surface area contributed by atoms with Crippen LogP contribution >= 0.6 is 0 Å². The van der Waals surface area contributed by atoms with Crippen molar-refractivity contribution >= 4 is 5.97 Å². The van der Waals surface area contributed by atoms with E-state index in [4.69, 9.17) is 4.74 Å². The van der Waals surface area contributed by atoms with E-state index in [2.05, 4.69) is 18.8 Å². The summed E-state index contributed by atoms with van der Waals surface area (Å²) in [5.41, 5.74) is 2.33. The average Bonchev–Trinajstić information content (AvgIpc) is 2.53. The van der Waals surface area contributed by atoms with Crippen LogP contribution in [0.1, 0.15) is 61.4 Å². The SMILES string of the molecule is CCOC(=O)C[C@H](c1ccc(C(C)C)cc1)c1c(O)cc(C)[nH]c1=O. The van der Waals surface area contributed by atoms with Crippen molar-refractivity contribution < 1.29 is 14.6 Å². The average molecular weight is 343 g/mol. The number of pyridine rings is 1. The van der Waals surface area contributed by atoms with Crippen LogP contribution in [-0.2, 0) is 9.53 Å². The van der Waals surface area contributed by atoms with E-state index < -0.39 is 11.9 Å². The number of hydrogen-bond donors (Lipinski definition) is 2. The Morgan fingerprint density at radius 1 is 1.20 bits per heavy atom. The molecule has 0 amide bonds. The summed E-state index contributed by atoms with van der Waals surface area (Å²) in [5.74, 6) is -0.693. The maximum atomic E-state index is 12.4. The smallest absolute Gasteiger partial charge is 0.306 e. The van der Waals surface area contributed by atoms with Crippen LogP contribution in [0.3, 0.4) is 0 Å². The van der Waals surface area contributed by atoms with Gasteiger partial charge in [0.15, 0.2) is 0 Å². The molecule has 25 heavy (non-hydrogen) atoms. The Labute approximate surface area is 147 Å². The number of nitrogens with one attached hydrogen (secondary N) is 1. The summed E-state index contributed by atoms with van der Waals surface area (Å²) >= 11 is 0. The summed E-state index contributed by atoms with van der Waals surface area (Å²) in [6, 6.07) is 9.27. The first-order valence-corrected chi connectivity index (χ1v) is 8.51. The number of hydrogen-bond acceptors (Lipinski definition) is 4. The van der Waals surface area contributed by atoms with Crippen LogP contribution in [0.4, 0.5) is 0 Å². The molecule has 1 aromatic carbocycles. The standard InChI is InChI=1S/C20H25NO4/c1-5-25-18(23)11-16(15-8-6-14(7-9-15)12(2)3)19-17(22)10-13(4)21-20(19)24/h6-10,12,16H,5,11H2,1-4H3,(H2,21,22,24)/t16-/m1/s1. The van der Waals surface area contributed by atoms with E-state index in [-0.39, 0.29) is 29.9 Å². The highest BCUT2D eigenvalue weighted by atomic mass is 16.5. The van der Waals surface area contributed by atoms with Gasteiger partial charge in [-0.2, -0.15) is 0 Å². The normalized spacial score (nSPS) is 12.2. The van der Waals surface area contributed by atoms with Crippen LogP contribution in [0, 0.1) is 6.92 Å². The third kappa shape index (κ3) is 4.50. The monoisotopic (exact) mass is 343 g/mol. The fourth-order valence-corrected chi connectivity index (χ4v) is 2.90. The number of ether oxygens (including phenoxy) is 1. The molecule has 0 bridgehead atoms. The van der Waals surface area contributed by atoms with Gasteiger partial charge in [0.1, 0.15) is 5.75 Å². The third-order valence-electron chi connectivity index (χ3n) is 4.21. The first-order chi connectivity index (χ1) is 11.8. The first-order valence-electron chi connectivity index (χ1n) is 8.51. The molecule has 0 radical (unpaired) electrons. The molecule has 5 nitrogen and oxygen atoms in total. The zero-order valence-corrected chi connectivity index (χ0v) is 15.1. The lowest BCUT2D eigenvalue weighted by molar-refractivity contribution is -0.143. The van der Waals surface area contributed by atoms with E-state index in [0.717, 1.165) is 5.56 Å². The second-order valence-electron chi connectivity index (χ2n) is 6.46. The molecule has 0 saturated carbocycles. The van der Waals surface area contributed by atoms with E-state index >= 15 is 0 Å². The van der Waals surface area contributed by atoms with Crippen molar-refractivity contribution in [3.63, 3.8) is 0 Å². The lowest BCUT2D eigenvalue weighted by atomic mass is 9.87. The largest absolute Gasteiger partial charge is 0.507 e. The number of carbonyl (C=O) groups is 1. The Kier molecular flexibility index (Phi) is 6.02. The highest BCUT2D eigenvalue weighted by Crippen LogP contribution is 2.32. The maximum absolute atomic E-state index is 12.4. The number of aromatic nitrogens is 1. The summed E-state index contributed by atoms with van der Waals surface area (Å²) in [6.07, 6.45) is -0.00539. The van der Waals surface area contributed by atoms with Crippen molar-refractivity contribution in [2.45, 2.75) is 46.0 Å². The van der Waals surface area contributed by atoms with Gasteiger partial charge < -0.3 is 14.8 Å². The lowest BCUT2D eigenvalue weighted by Gasteiger charge is -2.18. The van der Waals surface area contributed by atoms with Gasteiger partial charge in [0.05, 0.1) is 18.6 Å². The molecular weight excluding hydrogens is 318 g/mol. The maximum Gasteiger partial charge on any atom is 0.306 e. The second-order valence-corrected chi connectivity index (χ2v) is 6.46. The number of aryl methyl sites for hydroxylation is 1. The number of H-pyrrole nitrogens is 1. The Bertz CT molecular complexity index is 790. The summed E-state index contributed by atoms with van der Waals surface area (Å²) in [7, 11) is 0. The molecule has 0 fully saturated rings. The molecule has 0 aliphatic carbocycles. The quantitative estimate of drug-likeness (QED) is 0.786. The van der Waals surface area contributed by atoms with Gasteiger partial charge >= 0.3 is 5.97 Å². The summed E-state index contributed by atoms with van der Waals surface area (Å²) < 4.78 is 5.05. The Balaban J connectivity index is 2.50.